The topological polar surface area (TPSA) is 62.3 Å². The van der Waals surface area contributed by atoms with Crippen LogP contribution in [0, 0.1) is 0 Å². The number of rotatable bonds is 7. The fraction of sp³-hybridized carbons (Fsp3) is 0.458. The minimum Gasteiger partial charge on any atom is -0.433 e. The van der Waals surface area contributed by atoms with Gasteiger partial charge in [0.25, 0.3) is 0 Å². The average molecular weight is 430 g/mol. The van der Waals surface area contributed by atoms with Crippen LogP contribution in [0.3, 0.4) is 0 Å². The van der Waals surface area contributed by atoms with E-state index in [4.69, 9.17) is 15.2 Å². The highest BCUT2D eigenvalue weighted by Crippen LogP contribution is 2.40. The number of aromatic nitrogens is 2. The number of alkyl halides is 2. The van der Waals surface area contributed by atoms with E-state index in [9.17, 15) is 8.78 Å². The van der Waals surface area contributed by atoms with Crippen molar-refractivity contribution in [2.45, 2.75) is 57.7 Å². The van der Waals surface area contributed by atoms with Crippen molar-refractivity contribution in [3.63, 3.8) is 0 Å². The summed E-state index contributed by atoms with van der Waals surface area (Å²) in [5, 5.41) is 5.10. The number of hydrogen-bond acceptors (Lipinski definition) is 4. The first-order valence-electron chi connectivity index (χ1n) is 10.9. The molecule has 1 fully saturated rings. The predicted molar refractivity (Wildman–Crippen MR) is 117 cm³/mol. The molecule has 1 aliphatic heterocycles. The van der Waals surface area contributed by atoms with Gasteiger partial charge in [-0.05, 0) is 48.9 Å². The summed E-state index contributed by atoms with van der Waals surface area (Å²) in [6.07, 6.45) is 4.96. The van der Waals surface area contributed by atoms with Crippen molar-refractivity contribution in [1.82, 2.24) is 9.78 Å². The van der Waals surface area contributed by atoms with Crippen LogP contribution >= 0.6 is 0 Å². The van der Waals surface area contributed by atoms with E-state index in [0.717, 1.165) is 42.3 Å². The van der Waals surface area contributed by atoms with Gasteiger partial charge in [0.05, 0.1) is 23.1 Å². The third kappa shape index (κ3) is 4.16. The van der Waals surface area contributed by atoms with Gasteiger partial charge >= 0.3 is 6.61 Å². The second-order valence-corrected chi connectivity index (χ2v) is 8.13. The Kier molecular flexibility index (Phi) is 6.25. The Balaban J connectivity index is 1.77. The van der Waals surface area contributed by atoms with Gasteiger partial charge in [0.2, 0.25) is 0 Å². The summed E-state index contributed by atoms with van der Waals surface area (Å²) < 4.78 is 39.0. The molecule has 0 unspecified atom stereocenters. The number of hydrogen-bond donors (Lipinski definition) is 1. The number of halogens is 2. The molecule has 2 N–H and O–H groups in total. The maximum absolute atomic E-state index is 13.3. The molecular weight excluding hydrogens is 400 g/mol. The molecule has 2 heterocycles. The summed E-state index contributed by atoms with van der Waals surface area (Å²) in [5.74, 6) is 0.156. The third-order valence-corrected chi connectivity index (χ3v) is 6.51. The van der Waals surface area contributed by atoms with Gasteiger partial charge in [0.15, 0.2) is 0 Å². The Morgan fingerprint density at radius 1 is 1.13 bits per heavy atom. The highest BCUT2D eigenvalue weighted by atomic mass is 19.3. The van der Waals surface area contributed by atoms with Crippen LogP contribution in [-0.4, -0.2) is 29.6 Å². The lowest BCUT2D eigenvalue weighted by Gasteiger charge is -2.27. The zero-order valence-corrected chi connectivity index (χ0v) is 18.0. The van der Waals surface area contributed by atoms with Crippen LogP contribution in [0.5, 0.6) is 5.75 Å². The van der Waals surface area contributed by atoms with Gasteiger partial charge in [-0.15, -0.1) is 0 Å². The molecule has 0 spiro atoms. The van der Waals surface area contributed by atoms with Crippen molar-refractivity contribution in [2.24, 2.45) is 5.73 Å². The van der Waals surface area contributed by atoms with Crippen LogP contribution in [-0.2, 0) is 10.3 Å². The Bertz CT molecular complexity index is 1020. The van der Waals surface area contributed by atoms with Gasteiger partial charge in [0.1, 0.15) is 5.75 Å². The highest BCUT2D eigenvalue weighted by Gasteiger charge is 2.24. The molecule has 7 heteroatoms. The number of nitrogens with two attached hydrogens (primary N) is 1. The van der Waals surface area contributed by atoms with Crippen LogP contribution in [0.1, 0.15) is 51.1 Å². The van der Waals surface area contributed by atoms with Crippen molar-refractivity contribution in [2.75, 3.05) is 13.2 Å². The van der Waals surface area contributed by atoms with Crippen molar-refractivity contribution < 1.29 is 18.3 Å². The highest BCUT2D eigenvalue weighted by molar-refractivity contribution is 5.93. The third-order valence-electron chi connectivity index (χ3n) is 6.51. The van der Waals surface area contributed by atoms with Gasteiger partial charge in [0, 0.05) is 24.3 Å². The largest absolute Gasteiger partial charge is 0.433 e. The van der Waals surface area contributed by atoms with E-state index < -0.39 is 12.2 Å². The van der Waals surface area contributed by atoms with E-state index in [1.165, 1.54) is 0 Å². The van der Waals surface area contributed by atoms with Crippen LogP contribution in [0.4, 0.5) is 8.78 Å². The zero-order valence-electron chi connectivity index (χ0n) is 18.0. The number of nitrogens with zero attached hydrogens (tertiary/aromatic N) is 2. The second kappa shape index (κ2) is 8.93. The van der Waals surface area contributed by atoms with Gasteiger partial charge in [-0.3, -0.25) is 4.68 Å². The lowest BCUT2D eigenvalue weighted by Crippen LogP contribution is -2.34. The molecule has 3 aromatic rings. The molecule has 4 rings (SSSR count). The molecule has 1 saturated heterocycles. The Labute approximate surface area is 181 Å². The van der Waals surface area contributed by atoms with E-state index in [0.29, 0.717) is 24.2 Å². The molecular formula is C24H29F2N3O2. The number of benzene rings is 2. The molecule has 1 aromatic heterocycles. The van der Waals surface area contributed by atoms with E-state index in [2.05, 4.69) is 18.9 Å². The van der Waals surface area contributed by atoms with E-state index >= 15 is 0 Å². The maximum atomic E-state index is 13.3. The summed E-state index contributed by atoms with van der Waals surface area (Å²) in [4.78, 5) is 0. The lowest BCUT2D eigenvalue weighted by atomic mass is 9.85. The summed E-state index contributed by atoms with van der Waals surface area (Å²) in [6, 6.07) is 11.8. The van der Waals surface area contributed by atoms with Crippen LogP contribution in [0.25, 0.3) is 22.0 Å². The molecule has 0 amide bonds. The van der Waals surface area contributed by atoms with Gasteiger partial charge in [-0.2, -0.15) is 13.9 Å². The molecule has 166 valence electrons. The Morgan fingerprint density at radius 2 is 1.81 bits per heavy atom. The SMILES string of the molecule is CCC(N)(CC)c1ccc(-c2ccc3c(cnn3C3CCOCC3)c2OC(F)F)cc1. The number of fused-ring (bicyclic) bond motifs is 1. The predicted octanol–water partition coefficient (Wildman–Crippen LogP) is 5.63. The zero-order chi connectivity index (χ0) is 22.0. The van der Waals surface area contributed by atoms with E-state index in [1.807, 2.05) is 41.1 Å². The molecule has 0 bridgehead atoms. The van der Waals surface area contributed by atoms with Crippen LogP contribution < -0.4 is 10.5 Å². The minimum atomic E-state index is -2.92. The van der Waals surface area contributed by atoms with Crippen molar-refractivity contribution in [1.29, 1.82) is 0 Å². The summed E-state index contributed by atoms with van der Waals surface area (Å²) in [5.41, 5.74) is 9.35. The fourth-order valence-electron chi connectivity index (χ4n) is 4.40. The molecule has 0 radical (unpaired) electrons. The van der Waals surface area contributed by atoms with Gasteiger partial charge in [-0.1, -0.05) is 38.1 Å². The Hall–Kier alpha value is -2.51. The van der Waals surface area contributed by atoms with Crippen molar-refractivity contribution in [3.05, 3.63) is 48.2 Å². The van der Waals surface area contributed by atoms with E-state index in [1.54, 1.807) is 6.20 Å². The van der Waals surface area contributed by atoms with Crippen molar-refractivity contribution >= 4 is 10.9 Å². The average Bonchev–Trinajstić information content (AvgIpc) is 3.24. The second-order valence-electron chi connectivity index (χ2n) is 8.13. The summed E-state index contributed by atoms with van der Waals surface area (Å²) in [6.45, 7) is 2.56. The van der Waals surface area contributed by atoms with Crippen LogP contribution in [0.15, 0.2) is 42.6 Å². The molecule has 31 heavy (non-hydrogen) atoms. The van der Waals surface area contributed by atoms with Gasteiger partial charge in [-0.25, -0.2) is 0 Å². The maximum Gasteiger partial charge on any atom is 0.387 e. The normalized spacial score (nSPS) is 15.7. The minimum absolute atomic E-state index is 0.156. The quantitative estimate of drug-likeness (QED) is 0.529. The summed E-state index contributed by atoms with van der Waals surface area (Å²) >= 11 is 0. The molecule has 1 aliphatic rings. The number of ether oxygens (including phenoxy) is 2. The first-order valence-corrected chi connectivity index (χ1v) is 10.9. The molecule has 0 aliphatic carbocycles. The van der Waals surface area contributed by atoms with Crippen LogP contribution in [0.2, 0.25) is 0 Å². The first-order chi connectivity index (χ1) is 15.0. The monoisotopic (exact) mass is 429 g/mol. The smallest absolute Gasteiger partial charge is 0.387 e. The lowest BCUT2D eigenvalue weighted by molar-refractivity contribution is -0.0484. The van der Waals surface area contributed by atoms with Gasteiger partial charge < -0.3 is 15.2 Å². The van der Waals surface area contributed by atoms with E-state index in [-0.39, 0.29) is 11.8 Å². The molecule has 0 atom stereocenters. The molecule has 0 saturated carbocycles. The molecule has 2 aromatic carbocycles. The van der Waals surface area contributed by atoms with Crippen molar-refractivity contribution in [3.8, 4) is 16.9 Å². The first kappa shape index (κ1) is 21.7. The molecule has 5 nitrogen and oxygen atoms in total. The fourth-order valence-corrected chi connectivity index (χ4v) is 4.40. The summed E-state index contributed by atoms with van der Waals surface area (Å²) in [7, 11) is 0. The standard InChI is InChI=1S/C24H29F2N3O2/c1-3-24(27,4-2)17-7-5-16(6-8-17)19-9-10-21-20(22(19)31-23(25)26)15-28-29(21)18-11-13-30-14-12-18/h5-10,15,18,23H,3-4,11-14,27H2,1-2H3. The Morgan fingerprint density at radius 3 is 2.42 bits per heavy atom.